The van der Waals surface area contributed by atoms with Gasteiger partial charge in [-0.25, -0.2) is 9.97 Å². The van der Waals surface area contributed by atoms with Crippen LogP contribution in [0.15, 0.2) is 30.7 Å². The molecule has 6 nitrogen and oxygen atoms in total. The van der Waals surface area contributed by atoms with Crippen molar-refractivity contribution >= 4 is 5.97 Å². The van der Waals surface area contributed by atoms with Crippen molar-refractivity contribution in [3.05, 3.63) is 36.4 Å². The van der Waals surface area contributed by atoms with Gasteiger partial charge in [-0.1, -0.05) is 4.68 Å². The first-order chi connectivity index (χ1) is 9.86. The topological polar surface area (TPSA) is 82.7 Å². The number of hydrogen-bond acceptors (Lipinski definition) is 5. The fraction of sp³-hybridized carbons (Fsp3) is 0.250. The van der Waals surface area contributed by atoms with Gasteiger partial charge in [0.1, 0.15) is 11.9 Å². The highest BCUT2D eigenvalue weighted by Crippen LogP contribution is 2.28. The zero-order valence-corrected chi connectivity index (χ0v) is 10.5. The van der Waals surface area contributed by atoms with Gasteiger partial charge in [0.15, 0.2) is 18.6 Å². The molecule has 0 N–H and O–H groups in total. The third-order valence-electron chi connectivity index (χ3n) is 2.52. The molecule has 0 bridgehead atoms. The SMILES string of the molecule is O=C([O-])CC[n+]1ccc(-c2nccc(C(F)(F)F)n2)cn1. The number of halogens is 3. The Morgan fingerprint density at radius 1 is 1.33 bits per heavy atom. The second-order valence-electron chi connectivity index (χ2n) is 4.06. The molecule has 0 spiro atoms. The van der Waals surface area contributed by atoms with Crippen LogP contribution in [0.5, 0.6) is 0 Å². The molecule has 110 valence electrons. The van der Waals surface area contributed by atoms with Gasteiger partial charge in [-0.15, -0.1) is 0 Å². The summed E-state index contributed by atoms with van der Waals surface area (Å²) in [5, 5.41) is 14.2. The van der Waals surface area contributed by atoms with E-state index >= 15 is 0 Å². The van der Waals surface area contributed by atoms with E-state index in [0.717, 1.165) is 12.3 Å². The van der Waals surface area contributed by atoms with Crippen molar-refractivity contribution in [3.63, 3.8) is 0 Å². The summed E-state index contributed by atoms with van der Waals surface area (Å²) in [5.74, 6) is -1.32. The largest absolute Gasteiger partial charge is 0.550 e. The molecule has 0 fully saturated rings. The molecule has 0 unspecified atom stereocenters. The van der Waals surface area contributed by atoms with Crippen molar-refractivity contribution in [2.24, 2.45) is 0 Å². The maximum atomic E-state index is 12.6. The van der Waals surface area contributed by atoms with Gasteiger partial charge in [-0.2, -0.15) is 13.2 Å². The van der Waals surface area contributed by atoms with Crippen LogP contribution in [0, 0.1) is 0 Å². The van der Waals surface area contributed by atoms with Gasteiger partial charge in [0.05, 0.1) is 0 Å². The van der Waals surface area contributed by atoms with E-state index in [-0.39, 0.29) is 18.8 Å². The van der Waals surface area contributed by atoms with Crippen LogP contribution in [0.2, 0.25) is 0 Å². The van der Waals surface area contributed by atoms with Crippen molar-refractivity contribution in [2.75, 3.05) is 0 Å². The molecule has 0 saturated carbocycles. The van der Waals surface area contributed by atoms with E-state index in [1.807, 2.05) is 0 Å². The normalized spacial score (nSPS) is 11.4. The van der Waals surface area contributed by atoms with Crippen molar-refractivity contribution in [3.8, 4) is 11.4 Å². The number of hydrogen-bond donors (Lipinski definition) is 0. The summed E-state index contributed by atoms with van der Waals surface area (Å²) >= 11 is 0. The average molecular weight is 298 g/mol. The number of alkyl halides is 3. The average Bonchev–Trinajstić information content (AvgIpc) is 2.45. The number of aryl methyl sites for hydroxylation is 1. The van der Waals surface area contributed by atoms with Crippen LogP contribution in [0.4, 0.5) is 13.2 Å². The molecule has 9 heteroatoms. The maximum absolute atomic E-state index is 12.6. The van der Waals surface area contributed by atoms with Crippen molar-refractivity contribution in [1.29, 1.82) is 0 Å². The second kappa shape index (κ2) is 5.81. The molecule has 0 aliphatic rings. The number of rotatable bonds is 4. The lowest BCUT2D eigenvalue weighted by Gasteiger charge is -2.06. The molecule has 0 aromatic carbocycles. The predicted molar refractivity (Wildman–Crippen MR) is 60.1 cm³/mol. The maximum Gasteiger partial charge on any atom is 0.433 e. The molecule has 0 aliphatic heterocycles. The minimum atomic E-state index is -4.55. The number of nitrogens with zero attached hydrogens (tertiary/aromatic N) is 4. The first-order valence-electron chi connectivity index (χ1n) is 5.82. The van der Waals surface area contributed by atoms with Gasteiger partial charge in [0, 0.05) is 30.2 Å². The predicted octanol–water partition coefficient (Wildman–Crippen LogP) is -0.0151. The lowest BCUT2D eigenvalue weighted by Crippen LogP contribution is -2.40. The highest BCUT2D eigenvalue weighted by molar-refractivity contribution is 5.63. The Balaban J connectivity index is 2.21. The van der Waals surface area contributed by atoms with E-state index in [1.165, 1.54) is 23.1 Å². The standard InChI is InChI=1S/C12H9F3N4O2/c13-12(14,15)9-1-4-16-11(18-9)8-2-5-19(17-7-8)6-3-10(20)21/h1-2,4-5,7H,3,6H2. The molecule has 0 amide bonds. The molecule has 2 rings (SSSR count). The van der Waals surface area contributed by atoms with Crippen LogP contribution in [-0.4, -0.2) is 21.0 Å². The number of carbonyl (C=O) groups is 1. The van der Waals surface area contributed by atoms with Crippen LogP contribution in [0.25, 0.3) is 11.4 Å². The lowest BCUT2D eigenvalue weighted by molar-refractivity contribution is -0.753. The van der Waals surface area contributed by atoms with Gasteiger partial charge < -0.3 is 9.90 Å². The Morgan fingerprint density at radius 2 is 2.10 bits per heavy atom. The van der Waals surface area contributed by atoms with E-state index in [9.17, 15) is 23.1 Å². The van der Waals surface area contributed by atoms with Crippen molar-refractivity contribution in [2.45, 2.75) is 19.1 Å². The first kappa shape index (κ1) is 14.8. The highest BCUT2D eigenvalue weighted by Gasteiger charge is 2.32. The third-order valence-corrected chi connectivity index (χ3v) is 2.52. The minimum Gasteiger partial charge on any atom is -0.550 e. The van der Waals surface area contributed by atoms with Crippen LogP contribution in [0.3, 0.4) is 0 Å². The summed E-state index contributed by atoms with van der Waals surface area (Å²) in [6.45, 7) is 0.103. The third kappa shape index (κ3) is 3.94. The van der Waals surface area contributed by atoms with Crippen LogP contribution in [0.1, 0.15) is 12.1 Å². The fourth-order valence-electron chi connectivity index (χ4n) is 1.51. The summed E-state index contributed by atoms with van der Waals surface area (Å²) in [7, 11) is 0. The number of carboxylic acid groups (broad SMARTS) is 1. The first-order valence-corrected chi connectivity index (χ1v) is 5.82. The molecule has 0 atom stereocenters. The van der Waals surface area contributed by atoms with Gasteiger partial charge >= 0.3 is 6.18 Å². The second-order valence-corrected chi connectivity index (χ2v) is 4.06. The molecule has 2 heterocycles. The van der Waals surface area contributed by atoms with Gasteiger partial charge in [-0.05, 0) is 11.2 Å². The quantitative estimate of drug-likeness (QED) is 0.741. The Hall–Kier alpha value is -2.58. The summed E-state index contributed by atoms with van der Waals surface area (Å²) in [6, 6.07) is 2.23. The Kier molecular flexibility index (Phi) is 4.10. The van der Waals surface area contributed by atoms with Gasteiger partial charge in [0.25, 0.3) is 0 Å². The minimum absolute atomic E-state index is 0.103. The molecule has 2 aromatic rings. The highest BCUT2D eigenvalue weighted by atomic mass is 19.4. The molecule has 0 aliphatic carbocycles. The lowest BCUT2D eigenvalue weighted by atomic mass is 10.3. The zero-order chi connectivity index (χ0) is 15.5. The number of carbonyl (C=O) groups excluding carboxylic acids is 1. The fourth-order valence-corrected chi connectivity index (χ4v) is 1.51. The summed E-state index contributed by atoms with van der Waals surface area (Å²) < 4.78 is 39.0. The summed E-state index contributed by atoms with van der Waals surface area (Å²) in [4.78, 5) is 17.5. The van der Waals surface area contributed by atoms with Crippen LogP contribution in [-0.2, 0) is 17.5 Å². The molecule has 0 saturated heterocycles. The van der Waals surface area contributed by atoms with Crippen LogP contribution >= 0.6 is 0 Å². The zero-order valence-electron chi connectivity index (χ0n) is 10.5. The number of aromatic nitrogens is 4. The molecular formula is C12H9F3N4O2. The number of aliphatic carboxylic acids is 1. The van der Waals surface area contributed by atoms with Gasteiger partial charge in [-0.3, -0.25) is 0 Å². The Morgan fingerprint density at radius 3 is 2.67 bits per heavy atom. The molecular weight excluding hydrogens is 289 g/mol. The molecule has 2 aromatic heterocycles. The van der Waals surface area contributed by atoms with Gasteiger partial charge in [0.2, 0.25) is 0 Å². The van der Waals surface area contributed by atoms with Crippen molar-refractivity contribution in [1.82, 2.24) is 15.1 Å². The monoisotopic (exact) mass is 298 g/mol. The van der Waals surface area contributed by atoms with E-state index in [4.69, 9.17) is 0 Å². The molecule has 21 heavy (non-hydrogen) atoms. The van der Waals surface area contributed by atoms with Crippen molar-refractivity contribution < 1.29 is 27.8 Å². The summed E-state index contributed by atoms with van der Waals surface area (Å²) in [6.07, 6.45) is -1.04. The van der Waals surface area contributed by atoms with E-state index in [0.29, 0.717) is 5.56 Å². The smallest absolute Gasteiger partial charge is 0.433 e. The Labute approximate surface area is 116 Å². The van der Waals surface area contributed by atoms with E-state index in [1.54, 1.807) is 0 Å². The Bertz CT molecular complexity index is 644. The van der Waals surface area contributed by atoms with Crippen LogP contribution < -0.4 is 9.79 Å². The van der Waals surface area contributed by atoms with E-state index < -0.39 is 17.8 Å². The molecule has 0 radical (unpaired) electrons. The number of carboxylic acids is 1. The van der Waals surface area contributed by atoms with E-state index in [2.05, 4.69) is 15.1 Å². The summed E-state index contributed by atoms with van der Waals surface area (Å²) in [5.41, 5.74) is -0.744.